The Kier molecular flexibility index (Phi) is 7.03. The lowest BCUT2D eigenvalue weighted by atomic mass is 9.97. The predicted molar refractivity (Wildman–Crippen MR) is 92.8 cm³/mol. The summed E-state index contributed by atoms with van der Waals surface area (Å²) in [5, 5.41) is 22.9. The van der Waals surface area contributed by atoms with Crippen LogP contribution in [0.15, 0.2) is 18.2 Å². The number of hydrogen-bond acceptors (Lipinski definition) is 6. The first-order chi connectivity index (χ1) is 13.8. The van der Waals surface area contributed by atoms with Gasteiger partial charge in [-0.05, 0) is 25.1 Å². The van der Waals surface area contributed by atoms with Gasteiger partial charge in [0.15, 0.2) is 5.78 Å². The third kappa shape index (κ3) is 5.66. The van der Waals surface area contributed by atoms with Crippen LogP contribution in [-0.4, -0.2) is 64.9 Å². The number of carbonyl (C=O) groups is 3. The first-order valence-electron chi connectivity index (χ1n) is 8.82. The number of alkyl halides is 3. The molecule has 0 bridgehead atoms. The van der Waals surface area contributed by atoms with Crippen molar-refractivity contribution < 1.29 is 46.9 Å². The number of halogens is 4. The van der Waals surface area contributed by atoms with Crippen LogP contribution in [0.3, 0.4) is 0 Å². The number of rotatable bonds is 6. The Morgan fingerprint density at radius 2 is 1.93 bits per heavy atom. The van der Waals surface area contributed by atoms with Crippen LogP contribution in [0.25, 0.3) is 0 Å². The number of benzene rings is 1. The number of ether oxygens (including phenoxy) is 1. The minimum Gasteiger partial charge on any atom is -0.487 e. The van der Waals surface area contributed by atoms with Crippen molar-refractivity contribution in [2.75, 3.05) is 13.2 Å². The maximum Gasteiger partial charge on any atom is 0.405 e. The molecule has 0 fully saturated rings. The molecule has 1 aromatic carbocycles. The highest BCUT2D eigenvalue weighted by Crippen LogP contribution is 2.27. The minimum absolute atomic E-state index is 0.143. The highest BCUT2D eigenvalue weighted by molar-refractivity contribution is 6.09. The van der Waals surface area contributed by atoms with Crippen LogP contribution < -0.4 is 15.4 Å². The molecule has 0 radical (unpaired) electrons. The maximum absolute atomic E-state index is 13.5. The predicted octanol–water partition coefficient (Wildman–Crippen LogP) is -0.00500. The van der Waals surface area contributed by atoms with E-state index >= 15 is 0 Å². The minimum atomic E-state index is -4.76. The maximum atomic E-state index is 13.5. The molecule has 2 rings (SSSR count). The van der Waals surface area contributed by atoms with Crippen molar-refractivity contribution in [2.45, 2.75) is 43.7 Å². The number of nitrogens with one attached hydrogen (secondary N) is 2. The van der Waals surface area contributed by atoms with Gasteiger partial charge in [0.2, 0.25) is 5.60 Å². The average Bonchev–Trinajstić information content (AvgIpc) is 2.76. The summed E-state index contributed by atoms with van der Waals surface area (Å²) in [5.74, 6) is -4.21. The van der Waals surface area contributed by atoms with Crippen LogP contribution in [0.5, 0.6) is 5.75 Å². The fourth-order valence-corrected chi connectivity index (χ4v) is 2.80. The Morgan fingerprint density at radius 3 is 2.53 bits per heavy atom. The first-order valence-corrected chi connectivity index (χ1v) is 8.82. The summed E-state index contributed by atoms with van der Waals surface area (Å²) in [6, 6.07) is 1.97. The van der Waals surface area contributed by atoms with Crippen LogP contribution in [0, 0.1) is 5.82 Å². The second-order valence-electron chi connectivity index (χ2n) is 6.88. The van der Waals surface area contributed by atoms with Crippen molar-refractivity contribution in [3.05, 3.63) is 29.6 Å². The van der Waals surface area contributed by atoms with Crippen molar-refractivity contribution in [3.8, 4) is 5.75 Å². The molecule has 2 amide bonds. The highest BCUT2D eigenvalue weighted by atomic mass is 19.4. The molecule has 8 nitrogen and oxygen atoms in total. The molecule has 166 valence electrons. The zero-order valence-corrected chi connectivity index (χ0v) is 15.8. The summed E-state index contributed by atoms with van der Waals surface area (Å²) in [4.78, 5) is 36.9. The molecule has 0 saturated heterocycles. The van der Waals surface area contributed by atoms with Crippen molar-refractivity contribution in [3.63, 3.8) is 0 Å². The SMILES string of the molecule is C[C@](O)(C(=O)NCC(F)(F)F)C(=O)N[C@@H]1C(=O)Cc2cc(F)ccc2O[C@@H]1CCO. The van der Waals surface area contributed by atoms with E-state index in [2.05, 4.69) is 5.32 Å². The molecular weight excluding hydrogens is 416 g/mol. The summed E-state index contributed by atoms with van der Waals surface area (Å²) in [5.41, 5.74) is -2.74. The molecular formula is C18H20F4N2O6. The van der Waals surface area contributed by atoms with Gasteiger partial charge in [-0.2, -0.15) is 13.2 Å². The Labute approximate surface area is 168 Å². The molecule has 0 saturated carbocycles. The van der Waals surface area contributed by atoms with Crippen LogP contribution >= 0.6 is 0 Å². The first kappa shape index (κ1) is 23.5. The molecule has 0 aliphatic carbocycles. The Bertz CT molecular complexity index is 827. The molecule has 0 spiro atoms. The van der Waals surface area contributed by atoms with E-state index in [0.29, 0.717) is 6.92 Å². The van der Waals surface area contributed by atoms with E-state index in [1.807, 2.05) is 0 Å². The summed E-state index contributed by atoms with van der Waals surface area (Å²) < 4.78 is 55.9. The molecule has 1 aliphatic rings. The standard InChI is InChI=1S/C18H20F4N2O6/c1-17(29,15(27)23-8-18(20,21)22)16(28)24-14-11(26)7-9-6-10(19)2-3-12(9)30-13(14)4-5-25/h2-3,6,13-14,25,29H,4-5,7-8H2,1H3,(H,23,27)(H,24,28)/t13-,14-,17+/m1/s1. The van der Waals surface area contributed by atoms with Gasteiger partial charge in [0.25, 0.3) is 11.8 Å². The van der Waals surface area contributed by atoms with E-state index < -0.39 is 60.5 Å². The van der Waals surface area contributed by atoms with E-state index in [9.17, 15) is 42.2 Å². The van der Waals surface area contributed by atoms with Gasteiger partial charge >= 0.3 is 6.18 Å². The fraction of sp³-hybridized carbons (Fsp3) is 0.500. The van der Waals surface area contributed by atoms with Crippen molar-refractivity contribution >= 4 is 17.6 Å². The molecule has 0 aromatic heterocycles. The van der Waals surface area contributed by atoms with Gasteiger partial charge in [0, 0.05) is 25.0 Å². The monoisotopic (exact) mass is 436 g/mol. The Morgan fingerprint density at radius 1 is 1.27 bits per heavy atom. The number of ketones is 1. The van der Waals surface area contributed by atoms with Crippen LogP contribution in [0.2, 0.25) is 0 Å². The molecule has 4 N–H and O–H groups in total. The second-order valence-corrected chi connectivity index (χ2v) is 6.88. The second kappa shape index (κ2) is 8.96. The van der Waals surface area contributed by atoms with E-state index in [1.54, 1.807) is 0 Å². The van der Waals surface area contributed by atoms with Crippen molar-refractivity contribution in [1.29, 1.82) is 0 Å². The molecule has 0 unspecified atom stereocenters. The van der Waals surface area contributed by atoms with Crippen molar-refractivity contribution in [1.82, 2.24) is 10.6 Å². The van der Waals surface area contributed by atoms with Gasteiger partial charge in [-0.1, -0.05) is 0 Å². The third-order valence-electron chi connectivity index (χ3n) is 4.42. The lowest BCUT2D eigenvalue weighted by molar-refractivity contribution is -0.159. The van der Waals surface area contributed by atoms with Gasteiger partial charge < -0.3 is 25.6 Å². The summed E-state index contributed by atoms with van der Waals surface area (Å²) in [7, 11) is 0. The highest BCUT2D eigenvalue weighted by Gasteiger charge is 2.44. The molecule has 30 heavy (non-hydrogen) atoms. The zero-order valence-electron chi connectivity index (χ0n) is 15.8. The lowest BCUT2D eigenvalue weighted by Gasteiger charge is -2.28. The van der Waals surface area contributed by atoms with Gasteiger partial charge in [-0.15, -0.1) is 0 Å². The fourth-order valence-electron chi connectivity index (χ4n) is 2.80. The number of aliphatic hydroxyl groups is 2. The average molecular weight is 436 g/mol. The van der Waals surface area contributed by atoms with Crippen molar-refractivity contribution in [2.24, 2.45) is 0 Å². The Balaban J connectivity index is 2.20. The summed E-state index contributed by atoms with van der Waals surface area (Å²) >= 11 is 0. The smallest absolute Gasteiger partial charge is 0.405 e. The van der Waals surface area contributed by atoms with E-state index in [1.165, 1.54) is 11.4 Å². The topological polar surface area (TPSA) is 125 Å². The number of carbonyl (C=O) groups excluding carboxylic acids is 3. The third-order valence-corrected chi connectivity index (χ3v) is 4.42. The number of amides is 2. The quantitative estimate of drug-likeness (QED) is 0.368. The van der Waals surface area contributed by atoms with Gasteiger partial charge in [0.1, 0.15) is 30.3 Å². The molecule has 1 aliphatic heterocycles. The zero-order chi connectivity index (χ0) is 22.7. The molecule has 12 heteroatoms. The number of hydrogen-bond donors (Lipinski definition) is 4. The normalized spacial score (nSPS) is 21.0. The number of Topliss-reactive ketones (excluding diaryl/α,β-unsaturated/α-hetero) is 1. The van der Waals surface area contributed by atoms with Crippen LogP contribution in [0.1, 0.15) is 18.9 Å². The number of aliphatic hydroxyl groups excluding tert-OH is 1. The van der Waals surface area contributed by atoms with Gasteiger partial charge in [-0.25, -0.2) is 4.39 Å². The summed E-state index contributed by atoms with van der Waals surface area (Å²) in [6.07, 6.45) is -6.40. The Hall–Kier alpha value is -2.73. The van der Waals surface area contributed by atoms with Gasteiger partial charge in [0.05, 0.1) is 0 Å². The largest absolute Gasteiger partial charge is 0.487 e. The van der Waals surface area contributed by atoms with E-state index in [-0.39, 0.29) is 24.2 Å². The molecule has 1 heterocycles. The lowest BCUT2D eigenvalue weighted by Crippen LogP contribution is -2.61. The van der Waals surface area contributed by atoms with E-state index in [4.69, 9.17) is 4.74 Å². The van der Waals surface area contributed by atoms with Crippen LogP contribution in [-0.2, 0) is 20.8 Å². The molecule has 3 atom stereocenters. The number of fused-ring (bicyclic) bond motifs is 1. The summed E-state index contributed by atoms with van der Waals surface area (Å²) in [6.45, 7) is -1.56. The van der Waals surface area contributed by atoms with Gasteiger partial charge in [-0.3, -0.25) is 14.4 Å². The molecule has 1 aromatic rings. The van der Waals surface area contributed by atoms with E-state index in [0.717, 1.165) is 12.1 Å². The van der Waals surface area contributed by atoms with Crippen LogP contribution in [0.4, 0.5) is 17.6 Å².